The first-order valence-corrected chi connectivity index (χ1v) is 6.87. The van der Waals surface area contributed by atoms with Gasteiger partial charge in [-0.3, -0.25) is 0 Å². The molecule has 1 aliphatic rings. The third-order valence-electron chi connectivity index (χ3n) is 3.63. The molecule has 2 aromatic carbocycles. The number of fused-ring (bicyclic) bond motifs is 1. The Morgan fingerprint density at radius 3 is 2.74 bits per heavy atom. The number of aryl methyl sites for hydroxylation is 1. The van der Waals surface area contributed by atoms with E-state index in [4.69, 9.17) is 4.74 Å². The molecule has 0 bridgehead atoms. The molecule has 0 aromatic heterocycles. The van der Waals surface area contributed by atoms with E-state index in [1.165, 1.54) is 16.7 Å². The fraction of sp³-hybridized carbons (Fsp3) is 0.294. The molecule has 3 rings (SSSR count). The third-order valence-corrected chi connectivity index (χ3v) is 3.63. The predicted octanol–water partition coefficient (Wildman–Crippen LogP) is 3.27. The van der Waals surface area contributed by atoms with Crippen LogP contribution in [-0.4, -0.2) is 19.7 Å². The summed E-state index contributed by atoms with van der Waals surface area (Å²) in [6.07, 6.45) is 2.47. The molecule has 1 atom stereocenters. The fourth-order valence-electron chi connectivity index (χ4n) is 2.68. The van der Waals surface area contributed by atoms with Gasteiger partial charge in [0.05, 0.1) is 0 Å². The van der Waals surface area contributed by atoms with Crippen molar-refractivity contribution in [2.75, 3.05) is 13.6 Å². The van der Waals surface area contributed by atoms with Crippen LogP contribution in [0.4, 0.5) is 0 Å². The Hall–Kier alpha value is -1.80. The van der Waals surface area contributed by atoms with Crippen molar-refractivity contribution in [2.24, 2.45) is 0 Å². The number of ether oxygens (including phenoxy) is 1. The fourth-order valence-corrected chi connectivity index (χ4v) is 2.68. The Labute approximate surface area is 114 Å². The van der Waals surface area contributed by atoms with Crippen molar-refractivity contribution in [3.63, 3.8) is 0 Å². The quantitative estimate of drug-likeness (QED) is 0.906. The van der Waals surface area contributed by atoms with E-state index in [9.17, 15) is 0 Å². The summed E-state index contributed by atoms with van der Waals surface area (Å²) in [5.41, 5.74) is 3.76. The molecule has 1 aliphatic heterocycles. The van der Waals surface area contributed by atoms with Crippen LogP contribution >= 0.6 is 0 Å². The largest absolute Gasteiger partial charge is 0.488 e. The van der Waals surface area contributed by atoms with Gasteiger partial charge in [-0.05, 0) is 31.0 Å². The Balaban J connectivity index is 1.99. The zero-order valence-electron chi connectivity index (χ0n) is 11.2. The van der Waals surface area contributed by atoms with E-state index in [1.807, 2.05) is 13.1 Å². The average Bonchev–Trinajstić information content (AvgIpc) is 2.48. The summed E-state index contributed by atoms with van der Waals surface area (Å²) in [5, 5.41) is 3.20. The van der Waals surface area contributed by atoms with Gasteiger partial charge in [0, 0.05) is 12.1 Å². The second-order valence-electron chi connectivity index (χ2n) is 5.00. The van der Waals surface area contributed by atoms with Crippen LogP contribution in [0.2, 0.25) is 0 Å². The van der Waals surface area contributed by atoms with Crippen molar-refractivity contribution in [1.29, 1.82) is 0 Å². The van der Waals surface area contributed by atoms with E-state index >= 15 is 0 Å². The third kappa shape index (κ3) is 2.49. The van der Waals surface area contributed by atoms with Gasteiger partial charge in [0.25, 0.3) is 0 Å². The Morgan fingerprint density at radius 1 is 1.11 bits per heavy atom. The first-order chi connectivity index (χ1) is 9.38. The topological polar surface area (TPSA) is 21.3 Å². The van der Waals surface area contributed by atoms with Gasteiger partial charge < -0.3 is 10.1 Å². The molecule has 0 fully saturated rings. The standard InChI is InChI=1S/C17H19NO/c1-18-12-15-11-10-14-8-5-9-16(17(14)19-15)13-6-3-2-4-7-13/h2-9,15,18H,10-12H2,1H3/t15-/m1/s1. The number of benzene rings is 2. The van der Waals surface area contributed by atoms with Crippen molar-refractivity contribution < 1.29 is 4.74 Å². The van der Waals surface area contributed by atoms with Crippen LogP contribution in [0.15, 0.2) is 48.5 Å². The summed E-state index contributed by atoms with van der Waals surface area (Å²) in [6, 6.07) is 16.9. The van der Waals surface area contributed by atoms with Gasteiger partial charge in [0.1, 0.15) is 11.9 Å². The highest BCUT2D eigenvalue weighted by Crippen LogP contribution is 2.37. The van der Waals surface area contributed by atoms with Gasteiger partial charge in [0.2, 0.25) is 0 Å². The number of rotatable bonds is 3. The maximum atomic E-state index is 6.20. The summed E-state index contributed by atoms with van der Waals surface area (Å²) in [7, 11) is 1.97. The molecule has 2 aromatic rings. The van der Waals surface area contributed by atoms with Crippen molar-refractivity contribution in [3.05, 3.63) is 54.1 Å². The highest BCUT2D eigenvalue weighted by atomic mass is 16.5. The van der Waals surface area contributed by atoms with Crippen molar-refractivity contribution in [3.8, 4) is 16.9 Å². The van der Waals surface area contributed by atoms with Crippen LogP contribution in [-0.2, 0) is 6.42 Å². The van der Waals surface area contributed by atoms with E-state index in [0.29, 0.717) is 0 Å². The van der Waals surface area contributed by atoms with E-state index in [-0.39, 0.29) is 6.10 Å². The molecule has 98 valence electrons. The molecule has 0 saturated heterocycles. The minimum atomic E-state index is 0.280. The van der Waals surface area contributed by atoms with Gasteiger partial charge in [-0.2, -0.15) is 0 Å². The highest BCUT2D eigenvalue weighted by molar-refractivity contribution is 5.72. The van der Waals surface area contributed by atoms with Gasteiger partial charge in [-0.25, -0.2) is 0 Å². The van der Waals surface area contributed by atoms with Gasteiger partial charge >= 0.3 is 0 Å². The van der Waals surface area contributed by atoms with Gasteiger partial charge in [0.15, 0.2) is 0 Å². The zero-order chi connectivity index (χ0) is 13.1. The van der Waals surface area contributed by atoms with Crippen molar-refractivity contribution >= 4 is 0 Å². The lowest BCUT2D eigenvalue weighted by atomic mass is 9.95. The molecule has 0 radical (unpaired) electrons. The maximum absolute atomic E-state index is 6.20. The van der Waals surface area contributed by atoms with Gasteiger partial charge in [-0.1, -0.05) is 48.5 Å². The van der Waals surface area contributed by atoms with Crippen molar-refractivity contribution in [2.45, 2.75) is 18.9 Å². The molecule has 0 spiro atoms. The van der Waals surface area contributed by atoms with Crippen LogP contribution in [0.5, 0.6) is 5.75 Å². The summed E-state index contributed by atoms with van der Waals surface area (Å²) >= 11 is 0. The van der Waals surface area contributed by atoms with Crippen LogP contribution in [0, 0.1) is 0 Å². The van der Waals surface area contributed by atoms with Gasteiger partial charge in [-0.15, -0.1) is 0 Å². The first-order valence-electron chi connectivity index (χ1n) is 6.87. The molecule has 0 aliphatic carbocycles. The molecular weight excluding hydrogens is 234 g/mol. The molecule has 0 unspecified atom stereocenters. The predicted molar refractivity (Wildman–Crippen MR) is 78.5 cm³/mol. The molecule has 0 saturated carbocycles. The molecule has 2 nitrogen and oxygen atoms in total. The Kier molecular flexibility index (Phi) is 3.51. The maximum Gasteiger partial charge on any atom is 0.130 e. The molecule has 2 heteroatoms. The van der Waals surface area contributed by atoms with Crippen LogP contribution in [0.3, 0.4) is 0 Å². The highest BCUT2D eigenvalue weighted by Gasteiger charge is 2.21. The second-order valence-corrected chi connectivity index (χ2v) is 5.00. The molecule has 1 heterocycles. The minimum Gasteiger partial charge on any atom is -0.488 e. The van der Waals surface area contributed by atoms with E-state index in [0.717, 1.165) is 25.1 Å². The summed E-state index contributed by atoms with van der Waals surface area (Å²) in [5.74, 6) is 1.07. The molecule has 1 N–H and O–H groups in total. The lowest BCUT2D eigenvalue weighted by Gasteiger charge is -2.28. The van der Waals surface area contributed by atoms with E-state index < -0.39 is 0 Å². The Bertz CT molecular complexity index is 550. The van der Waals surface area contributed by atoms with Crippen LogP contribution in [0.25, 0.3) is 11.1 Å². The zero-order valence-corrected chi connectivity index (χ0v) is 11.2. The monoisotopic (exact) mass is 253 g/mol. The molecular formula is C17H19NO. The lowest BCUT2D eigenvalue weighted by Crippen LogP contribution is -2.32. The van der Waals surface area contributed by atoms with Crippen molar-refractivity contribution in [1.82, 2.24) is 5.32 Å². The first kappa shape index (κ1) is 12.2. The molecule has 19 heavy (non-hydrogen) atoms. The lowest BCUT2D eigenvalue weighted by molar-refractivity contribution is 0.174. The minimum absolute atomic E-state index is 0.280. The SMILES string of the molecule is CNC[C@H]1CCc2cccc(-c3ccccc3)c2O1. The van der Waals surface area contributed by atoms with E-state index in [1.54, 1.807) is 0 Å². The van der Waals surface area contributed by atoms with Crippen LogP contribution < -0.4 is 10.1 Å². The average molecular weight is 253 g/mol. The summed E-state index contributed by atoms with van der Waals surface area (Å²) in [6.45, 7) is 0.905. The number of nitrogens with one attached hydrogen (secondary N) is 1. The number of hydrogen-bond acceptors (Lipinski definition) is 2. The smallest absolute Gasteiger partial charge is 0.130 e. The normalized spacial score (nSPS) is 17.6. The molecule has 0 amide bonds. The van der Waals surface area contributed by atoms with E-state index in [2.05, 4.69) is 47.8 Å². The Morgan fingerprint density at radius 2 is 1.95 bits per heavy atom. The summed E-state index contributed by atoms with van der Waals surface area (Å²) in [4.78, 5) is 0. The number of para-hydroxylation sites is 1. The second kappa shape index (κ2) is 5.45. The van der Waals surface area contributed by atoms with Crippen LogP contribution in [0.1, 0.15) is 12.0 Å². The summed E-state index contributed by atoms with van der Waals surface area (Å²) < 4.78 is 6.20. The number of hydrogen-bond donors (Lipinski definition) is 1. The number of likely N-dealkylation sites (N-methyl/N-ethyl adjacent to an activating group) is 1.